The Morgan fingerprint density at radius 2 is 0.781 bits per heavy atom. The maximum Gasteiger partial charge on any atom is 0.460 e. The van der Waals surface area contributed by atoms with E-state index >= 15 is 0 Å². The minimum atomic E-state index is -8.56. The summed E-state index contributed by atoms with van der Waals surface area (Å²) in [6.07, 6.45) is -8.99. The molecule has 0 aliphatic heterocycles. The molecule has 2 aliphatic rings. The highest BCUT2D eigenvalue weighted by Gasteiger charge is 2.95. The van der Waals surface area contributed by atoms with Crippen LogP contribution in [-0.4, -0.2) is 47.6 Å². The zero-order valence-electron chi connectivity index (χ0n) is 15.0. The monoisotopic (exact) mass is 514 g/mol. The molecule has 0 heterocycles. The van der Waals surface area contributed by atoms with Crippen molar-refractivity contribution in [1.29, 1.82) is 0 Å². The van der Waals surface area contributed by atoms with Crippen LogP contribution in [0, 0.1) is 17.8 Å². The van der Waals surface area contributed by atoms with Crippen LogP contribution in [0.4, 0.5) is 74.6 Å². The van der Waals surface area contributed by atoms with E-state index in [4.69, 9.17) is 0 Å². The molecule has 17 heteroatoms. The van der Waals surface area contributed by atoms with Crippen LogP contribution in [0.25, 0.3) is 0 Å². The number of hydrogen-bond donors (Lipinski definition) is 0. The van der Waals surface area contributed by atoms with Crippen LogP contribution in [0.15, 0.2) is 0 Å². The van der Waals surface area contributed by atoms with Crippen molar-refractivity contribution in [3.8, 4) is 0 Å². The second-order valence-electron chi connectivity index (χ2n) is 7.85. The first-order chi connectivity index (χ1) is 13.8. The summed E-state index contributed by atoms with van der Waals surface area (Å²) in [6, 6.07) is 0. The van der Waals surface area contributed by atoms with Gasteiger partial charge in [-0.15, -0.1) is 0 Å². The van der Waals surface area contributed by atoms with E-state index in [-0.39, 0.29) is 19.3 Å². The van der Waals surface area contributed by atoms with Crippen LogP contribution in [0.3, 0.4) is 0 Å². The van der Waals surface area contributed by atoms with Gasteiger partial charge in [0.1, 0.15) is 0 Å². The van der Waals surface area contributed by atoms with Gasteiger partial charge in [-0.3, -0.25) is 0 Å². The summed E-state index contributed by atoms with van der Waals surface area (Å²) >= 11 is 0. The van der Waals surface area contributed by atoms with E-state index in [1.54, 1.807) is 0 Å². The van der Waals surface area contributed by atoms with E-state index in [9.17, 15) is 74.6 Å². The zero-order chi connectivity index (χ0) is 25.6. The molecule has 3 atom stereocenters. The molecule has 0 aromatic rings. The number of alkyl halides is 17. The number of hydrogen-bond acceptors (Lipinski definition) is 0. The zero-order valence-corrected chi connectivity index (χ0v) is 15.0. The highest BCUT2D eigenvalue weighted by molar-refractivity contribution is 5.16. The van der Waals surface area contributed by atoms with Gasteiger partial charge in [0.15, 0.2) is 0 Å². The highest BCUT2D eigenvalue weighted by atomic mass is 19.4. The molecule has 190 valence electrons. The Kier molecular flexibility index (Phi) is 5.85. The van der Waals surface area contributed by atoms with Crippen molar-refractivity contribution in [1.82, 2.24) is 0 Å². The molecule has 0 saturated heterocycles. The first-order valence-electron chi connectivity index (χ1n) is 8.53. The minimum absolute atomic E-state index is 0.173. The van der Waals surface area contributed by atoms with Crippen LogP contribution in [-0.2, 0) is 0 Å². The summed E-state index contributed by atoms with van der Waals surface area (Å²) in [5.41, 5.74) is 0. The molecule has 0 aromatic carbocycles. The standard InChI is InChI=1S/C15H11F17/c16-8(17,7-4-5-1-2-6(7)3-5)9(18,19)10(20,21)11(22,23)12(24,25)13(26,27)14(28,29)15(30,31)32/h5-7H,1-4H2. The summed E-state index contributed by atoms with van der Waals surface area (Å²) in [6.45, 7) is 0. The molecular formula is C15H11F17. The molecule has 2 saturated carbocycles. The van der Waals surface area contributed by atoms with Gasteiger partial charge in [0.05, 0.1) is 0 Å². The molecule has 2 fully saturated rings. The van der Waals surface area contributed by atoms with Gasteiger partial charge in [-0.1, -0.05) is 6.42 Å². The molecule has 0 radical (unpaired) electrons. The Labute approximate surface area is 167 Å². The summed E-state index contributed by atoms with van der Waals surface area (Å²) in [5, 5.41) is 0. The normalized spacial score (nSPS) is 26.7. The predicted molar refractivity (Wildman–Crippen MR) is 69.6 cm³/mol. The number of fused-ring (bicyclic) bond motifs is 2. The largest absolute Gasteiger partial charge is 0.460 e. The van der Waals surface area contributed by atoms with Crippen LogP contribution >= 0.6 is 0 Å². The molecule has 0 amide bonds. The number of halogens is 17. The predicted octanol–water partition coefficient (Wildman–Crippen LogP) is 7.43. The Hall–Kier alpha value is -1.19. The van der Waals surface area contributed by atoms with Gasteiger partial charge in [0, 0.05) is 5.92 Å². The third kappa shape index (κ3) is 3.10. The lowest BCUT2D eigenvalue weighted by Crippen LogP contribution is -2.75. The lowest BCUT2D eigenvalue weighted by Gasteiger charge is -2.44. The van der Waals surface area contributed by atoms with E-state index in [1.165, 1.54) is 0 Å². The van der Waals surface area contributed by atoms with Crippen LogP contribution in [0.1, 0.15) is 25.7 Å². The lowest BCUT2D eigenvalue weighted by atomic mass is 9.78. The molecular weight excluding hydrogens is 503 g/mol. The summed E-state index contributed by atoms with van der Waals surface area (Å²) in [7, 11) is 0. The molecule has 2 aliphatic carbocycles. The molecule has 0 aromatic heterocycles. The van der Waals surface area contributed by atoms with Gasteiger partial charge in [-0.2, -0.15) is 74.6 Å². The molecule has 2 rings (SSSR count). The lowest BCUT2D eigenvalue weighted by molar-refractivity contribution is -0.463. The first-order valence-corrected chi connectivity index (χ1v) is 8.53. The fraction of sp³-hybridized carbons (Fsp3) is 1.00. The van der Waals surface area contributed by atoms with Crippen molar-refractivity contribution in [2.75, 3.05) is 0 Å². The van der Waals surface area contributed by atoms with E-state index in [1.807, 2.05) is 0 Å². The van der Waals surface area contributed by atoms with Crippen molar-refractivity contribution in [3.05, 3.63) is 0 Å². The van der Waals surface area contributed by atoms with E-state index < -0.39 is 71.8 Å². The van der Waals surface area contributed by atoms with Gasteiger partial charge in [-0.05, 0) is 31.1 Å². The second kappa shape index (κ2) is 6.92. The Balaban J connectivity index is 2.54. The van der Waals surface area contributed by atoms with E-state index in [2.05, 4.69) is 0 Å². The maximum absolute atomic E-state index is 14.2. The molecule has 0 nitrogen and oxygen atoms in total. The minimum Gasteiger partial charge on any atom is -0.199 e. The molecule has 32 heavy (non-hydrogen) atoms. The Morgan fingerprint density at radius 3 is 1.09 bits per heavy atom. The summed E-state index contributed by atoms with van der Waals surface area (Å²) in [4.78, 5) is 0. The summed E-state index contributed by atoms with van der Waals surface area (Å²) < 4.78 is 225. The van der Waals surface area contributed by atoms with Crippen molar-refractivity contribution in [2.45, 2.75) is 73.3 Å². The van der Waals surface area contributed by atoms with Crippen molar-refractivity contribution in [3.63, 3.8) is 0 Å². The summed E-state index contributed by atoms with van der Waals surface area (Å²) in [5.74, 6) is -60.5. The van der Waals surface area contributed by atoms with Crippen molar-refractivity contribution < 1.29 is 74.6 Å². The third-order valence-electron chi connectivity index (χ3n) is 5.95. The van der Waals surface area contributed by atoms with E-state index in [0.717, 1.165) is 0 Å². The third-order valence-corrected chi connectivity index (χ3v) is 5.95. The van der Waals surface area contributed by atoms with Crippen LogP contribution < -0.4 is 0 Å². The molecule has 3 unspecified atom stereocenters. The van der Waals surface area contributed by atoms with Crippen molar-refractivity contribution >= 4 is 0 Å². The maximum atomic E-state index is 14.2. The average molecular weight is 514 g/mol. The van der Waals surface area contributed by atoms with Crippen LogP contribution in [0.5, 0.6) is 0 Å². The Morgan fingerprint density at radius 1 is 0.406 bits per heavy atom. The Bertz CT molecular complexity index is 718. The van der Waals surface area contributed by atoms with Crippen LogP contribution in [0.2, 0.25) is 0 Å². The molecule has 2 bridgehead atoms. The highest BCUT2D eigenvalue weighted by Crippen LogP contribution is 2.66. The van der Waals surface area contributed by atoms with E-state index in [0.29, 0.717) is 0 Å². The van der Waals surface area contributed by atoms with Gasteiger partial charge in [0.2, 0.25) is 0 Å². The molecule has 0 spiro atoms. The molecule has 0 N–H and O–H groups in total. The topological polar surface area (TPSA) is 0 Å². The van der Waals surface area contributed by atoms with Crippen molar-refractivity contribution in [2.24, 2.45) is 17.8 Å². The first kappa shape index (κ1) is 27.1. The van der Waals surface area contributed by atoms with Gasteiger partial charge in [-0.25, -0.2) is 0 Å². The second-order valence-corrected chi connectivity index (χ2v) is 7.85. The average Bonchev–Trinajstić information content (AvgIpc) is 3.23. The smallest absolute Gasteiger partial charge is 0.199 e. The quantitative estimate of drug-likeness (QED) is 0.310. The van der Waals surface area contributed by atoms with Gasteiger partial charge >= 0.3 is 47.6 Å². The fourth-order valence-electron chi connectivity index (χ4n) is 4.10. The fourth-order valence-corrected chi connectivity index (χ4v) is 4.10. The SMILES string of the molecule is FC(F)(F)C(F)(F)C(F)(F)C(F)(F)C(F)(F)C(F)(F)C(F)(F)C(F)(F)C1CC2CCC1C2. The number of rotatable bonds is 7. The van der Waals surface area contributed by atoms with Gasteiger partial charge in [0.25, 0.3) is 0 Å². The van der Waals surface area contributed by atoms with Gasteiger partial charge < -0.3 is 0 Å².